The Bertz CT molecular complexity index is 1150. The molecule has 0 aromatic heterocycles. The van der Waals surface area contributed by atoms with Gasteiger partial charge < -0.3 is 9.47 Å². The standard InChI is InChI=1S/C25H20O4/c26-19-7-3-4-14-12-18-16-5-1-2-6-17(16)25(27)24(18)23(22(14)19)15-8-9-20-21(13-15)29-11-10-28-20/h1-2,5-6,8-9,13,23H,3-4,7,10-12H2. The SMILES string of the molecule is O=C1CCCC2=C1C(c1ccc3c(c1)OCCO3)C1=C(C2)c2ccccc2C1=O. The number of rotatable bonds is 1. The van der Waals surface area contributed by atoms with E-state index < -0.39 is 0 Å². The van der Waals surface area contributed by atoms with Crippen LogP contribution in [0.2, 0.25) is 0 Å². The van der Waals surface area contributed by atoms with Crippen LogP contribution < -0.4 is 9.47 Å². The van der Waals surface area contributed by atoms with Crippen LogP contribution >= 0.6 is 0 Å². The molecule has 1 aliphatic heterocycles. The van der Waals surface area contributed by atoms with Crippen molar-refractivity contribution in [2.45, 2.75) is 31.6 Å². The van der Waals surface area contributed by atoms with Crippen LogP contribution in [-0.2, 0) is 4.79 Å². The number of Topliss-reactive ketones (excluding diaryl/α,β-unsaturated/α-hetero) is 2. The maximum absolute atomic E-state index is 13.4. The first-order valence-corrected chi connectivity index (χ1v) is 10.2. The van der Waals surface area contributed by atoms with Crippen LogP contribution in [0.15, 0.2) is 59.2 Å². The Labute approximate surface area is 168 Å². The monoisotopic (exact) mass is 384 g/mol. The first-order valence-electron chi connectivity index (χ1n) is 10.2. The van der Waals surface area contributed by atoms with Crippen molar-refractivity contribution in [3.05, 3.63) is 75.9 Å². The average molecular weight is 384 g/mol. The highest BCUT2D eigenvalue weighted by Crippen LogP contribution is 2.53. The summed E-state index contributed by atoms with van der Waals surface area (Å²) in [5.41, 5.74) is 6.63. The summed E-state index contributed by atoms with van der Waals surface area (Å²) >= 11 is 0. The lowest BCUT2D eigenvalue weighted by Crippen LogP contribution is -2.25. The zero-order valence-corrected chi connectivity index (χ0v) is 16.0. The summed E-state index contributed by atoms with van der Waals surface area (Å²) in [6.07, 6.45) is 3.09. The highest BCUT2D eigenvalue weighted by molar-refractivity contribution is 6.23. The Balaban J connectivity index is 1.57. The van der Waals surface area contributed by atoms with Gasteiger partial charge in [-0.1, -0.05) is 35.9 Å². The minimum Gasteiger partial charge on any atom is -0.486 e. The van der Waals surface area contributed by atoms with E-state index >= 15 is 0 Å². The molecule has 3 aliphatic carbocycles. The van der Waals surface area contributed by atoms with Crippen LogP contribution in [0, 0.1) is 0 Å². The number of benzene rings is 2. The molecule has 2 aromatic carbocycles. The maximum atomic E-state index is 13.4. The van der Waals surface area contributed by atoms with Crippen molar-refractivity contribution in [3.8, 4) is 11.5 Å². The van der Waals surface area contributed by atoms with Gasteiger partial charge in [0.1, 0.15) is 13.2 Å². The third-order valence-corrected chi connectivity index (χ3v) is 6.50. The van der Waals surface area contributed by atoms with Crippen molar-refractivity contribution < 1.29 is 19.1 Å². The number of ether oxygens (including phenoxy) is 2. The molecule has 2 aromatic rings. The van der Waals surface area contributed by atoms with Gasteiger partial charge in [0.25, 0.3) is 0 Å². The Morgan fingerprint density at radius 1 is 0.828 bits per heavy atom. The first-order chi connectivity index (χ1) is 14.2. The smallest absolute Gasteiger partial charge is 0.190 e. The van der Waals surface area contributed by atoms with E-state index in [-0.39, 0.29) is 17.5 Å². The predicted octanol–water partition coefficient (Wildman–Crippen LogP) is 4.64. The molecular weight excluding hydrogens is 364 g/mol. The van der Waals surface area contributed by atoms with Crippen LogP contribution in [0.5, 0.6) is 11.5 Å². The fourth-order valence-corrected chi connectivity index (χ4v) is 5.28. The largest absolute Gasteiger partial charge is 0.486 e. The van der Waals surface area contributed by atoms with Crippen LogP contribution in [0.1, 0.15) is 53.1 Å². The van der Waals surface area contributed by atoms with Gasteiger partial charge in [0.2, 0.25) is 0 Å². The normalized spacial score (nSPS) is 22.4. The van der Waals surface area contributed by atoms with E-state index in [9.17, 15) is 9.59 Å². The predicted molar refractivity (Wildman–Crippen MR) is 108 cm³/mol. The number of hydrogen-bond acceptors (Lipinski definition) is 4. The van der Waals surface area contributed by atoms with Crippen molar-refractivity contribution in [1.82, 2.24) is 0 Å². The van der Waals surface area contributed by atoms with Crippen molar-refractivity contribution in [3.63, 3.8) is 0 Å². The molecule has 0 radical (unpaired) electrons. The molecule has 0 bridgehead atoms. The molecule has 0 spiro atoms. The lowest BCUT2D eigenvalue weighted by Gasteiger charge is -2.33. The van der Waals surface area contributed by atoms with Crippen molar-refractivity contribution in [1.29, 1.82) is 0 Å². The third kappa shape index (κ3) is 2.38. The number of carbonyl (C=O) groups excluding carboxylic acids is 2. The zero-order valence-electron chi connectivity index (χ0n) is 16.0. The molecule has 4 aliphatic rings. The van der Waals surface area contributed by atoms with Gasteiger partial charge in [-0.25, -0.2) is 0 Å². The average Bonchev–Trinajstić information content (AvgIpc) is 3.04. The molecule has 0 saturated heterocycles. The fourth-order valence-electron chi connectivity index (χ4n) is 5.28. The summed E-state index contributed by atoms with van der Waals surface area (Å²) < 4.78 is 11.5. The van der Waals surface area contributed by atoms with Crippen LogP contribution in [0.25, 0.3) is 5.57 Å². The summed E-state index contributed by atoms with van der Waals surface area (Å²) in [7, 11) is 0. The van der Waals surface area contributed by atoms with Gasteiger partial charge >= 0.3 is 0 Å². The summed E-state index contributed by atoms with van der Waals surface area (Å²) in [4.78, 5) is 26.5. The second-order valence-corrected chi connectivity index (χ2v) is 8.07. The zero-order chi connectivity index (χ0) is 19.5. The molecule has 0 fully saturated rings. The molecular formula is C25H20O4. The van der Waals surface area contributed by atoms with Gasteiger partial charge in [0.15, 0.2) is 23.1 Å². The molecule has 0 N–H and O–H groups in total. The quantitative estimate of drug-likeness (QED) is 0.718. The van der Waals surface area contributed by atoms with Crippen LogP contribution in [-0.4, -0.2) is 24.8 Å². The molecule has 29 heavy (non-hydrogen) atoms. The summed E-state index contributed by atoms with van der Waals surface area (Å²) in [6.45, 7) is 1.04. The lowest BCUT2D eigenvalue weighted by atomic mass is 9.69. The molecule has 4 heteroatoms. The molecule has 0 amide bonds. The van der Waals surface area contributed by atoms with Crippen molar-refractivity contribution >= 4 is 17.1 Å². The second kappa shape index (κ2) is 6.18. The Morgan fingerprint density at radius 3 is 2.48 bits per heavy atom. The molecule has 1 heterocycles. The molecule has 1 unspecified atom stereocenters. The lowest BCUT2D eigenvalue weighted by molar-refractivity contribution is -0.116. The number of carbonyl (C=O) groups is 2. The minimum atomic E-state index is -0.322. The number of allylic oxidation sites excluding steroid dienone is 4. The van der Waals surface area contributed by atoms with E-state index in [1.807, 2.05) is 42.5 Å². The van der Waals surface area contributed by atoms with E-state index in [4.69, 9.17) is 9.47 Å². The number of hydrogen-bond donors (Lipinski definition) is 0. The summed E-state index contributed by atoms with van der Waals surface area (Å²) in [6, 6.07) is 13.7. The molecule has 4 nitrogen and oxygen atoms in total. The topological polar surface area (TPSA) is 52.6 Å². The van der Waals surface area contributed by atoms with E-state index in [1.165, 1.54) is 5.57 Å². The van der Waals surface area contributed by atoms with Crippen molar-refractivity contribution in [2.75, 3.05) is 13.2 Å². The van der Waals surface area contributed by atoms with E-state index in [0.29, 0.717) is 31.8 Å². The van der Waals surface area contributed by atoms with Gasteiger partial charge in [0, 0.05) is 29.0 Å². The van der Waals surface area contributed by atoms with Gasteiger partial charge in [-0.15, -0.1) is 0 Å². The molecule has 1 atom stereocenters. The van der Waals surface area contributed by atoms with Crippen molar-refractivity contribution in [2.24, 2.45) is 0 Å². The molecule has 0 saturated carbocycles. The second-order valence-electron chi connectivity index (χ2n) is 8.07. The highest BCUT2D eigenvalue weighted by Gasteiger charge is 2.43. The highest BCUT2D eigenvalue weighted by atomic mass is 16.6. The van der Waals surface area contributed by atoms with Gasteiger partial charge in [-0.05, 0) is 48.1 Å². The minimum absolute atomic E-state index is 0.0559. The van der Waals surface area contributed by atoms with Gasteiger partial charge in [-0.3, -0.25) is 9.59 Å². The van der Waals surface area contributed by atoms with Gasteiger partial charge in [0.05, 0.1) is 0 Å². The third-order valence-electron chi connectivity index (χ3n) is 6.50. The Hall–Kier alpha value is -3.14. The molecule has 6 rings (SSSR count). The first kappa shape index (κ1) is 16.8. The Kier molecular flexibility index (Phi) is 3.58. The summed E-state index contributed by atoms with van der Waals surface area (Å²) in [5, 5.41) is 0. The Morgan fingerprint density at radius 2 is 1.62 bits per heavy atom. The van der Waals surface area contributed by atoms with E-state index in [0.717, 1.165) is 52.0 Å². The number of ketones is 2. The van der Waals surface area contributed by atoms with Gasteiger partial charge in [-0.2, -0.15) is 0 Å². The van der Waals surface area contributed by atoms with E-state index in [1.54, 1.807) is 0 Å². The number of fused-ring (bicyclic) bond motifs is 3. The van der Waals surface area contributed by atoms with E-state index in [2.05, 4.69) is 0 Å². The van der Waals surface area contributed by atoms with Crippen LogP contribution in [0.3, 0.4) is 0 Å². The van der Waals surface area contributed by atoms with Crippen LogP contribution in [0.4, 0.5) is 0 Å². The fraction of sp³-hybridized carbons (Fsp3) is 0.280. The maximum Gasteiger partial charge on any atom is 0.190 e. The molecule has 144 valence electrons. The summed E-state index contributed by atoms with van der Waals surface area (Å²) in [5.74, 6) is 1.32.